The molecule has 1 aliphatic rings. The molecule has 0 saturated carbocycles. The predicted molar refractivity (Wildman–Crippen MR) is 81.5 cm³/mol. The maximum Gasteiger partial charge on any atom is 0.176 e. The Hall–Kier alpha value is -1.79. The summed E-state index contributed by atoms with van der Waals surface area (Å²) >= 11 is 0. The highest BCUT2D eigenvalue weighted by Crippen LogP contribution is 2.27. The van der Waals surface area contributed by atoms with Crippen LogP contribution in [0.1, 0.15) is 30.4 Å². The SMILES string of the molecule is COCc1nc([C@@H]2CCCN(C)C2)n(-c2ccccc2F)n1. The van der Waals surface area contributed by atoms with Crippen LogP contribution in [0.2, 0.25) is 0 Å². The maximum atomic E-state index is 14.2. The van der Waals surface area contributed by atoms with Gasteiger partial charge in [-0.05, 0) is 38.6 Å². The Morgan fingerprint density at radius 2 is 2.18 bits per heavy atom. The van der Waals surface area contributed by atoms with Crippen LogP contribution < -0.4 is 0 Å². The van der Waals surface area contributed by atoms with Crippen LogP contribution in [0.25, 0.3) is 5.69 Å². The molecule has 1 saturated heterocycles. The Kier molecular flexibility index (Phi) is 4.49. The lowest BCUT2D eigenvalue weighted by atomic mass is 9.97. The summed E-state index contributed by atoms with van der Waals surface area (Å²) in [6, 6.07) is 6.67. The van der Waals surface area contributed by atoms with Crippen LogP contribution in [0.3, 0.4) is 0 Å². The molecule has 1 aromatic carbocycles. The van der Waals surface area contributed by atoms with Crippen molar-refractivity contribution in [1.82, 2.24) is 19.7 Å². The van der Waals surface area contributed by atoms with E-state index in [1.807, 2.05) is 6.07 Å². The summed E-state index contributed by atoms with van der Waals surface area (Å²) in [5, 5.41) is 4.45. The first-order valence-electron chi connectivity index (χ1n) is 7.57. The zero-order valence-corrected chi connectivity index (χ0v) is 13.0. The van der Waals surface area contributed by atoms with Gasteiger partial charge in [0.2, 0.25) is 0 Å². The van der Waals surface area contributed by atoms with Crippen LogP contribution in [0.4, 0.5) is 4.39 Å². The lowest BCUT2D eigenvalue weighted by molar-refractivity contribution is 0.177. The van der Waals surface area contributed by atoms with E-state index in [9.17, 15) is 4.39 Å². The number of aromatic nitrogens is 3. The zero-order valence-electron chi connectivity index (χ0n) is 13.0. The molecular formula is C16H21FN4O. The number of hydrogen-bond acceptors (Lipinski definition) is 4. The minimum Gasteiger partial charge on any atom is -0.377 e. The second-order valence-electron chi connectivity index (χ2n) is 5.78. The minimum absolute atomic E-state index is 0.261. The molecule has 0 aliphatic carbocycles. The number of hydrogen-bond donors (Lipinski definition) is 0. The standard InChI is InChI=1S/C16H21FN4O/c1-20-9-5-6-12(10-20)16-18-15(11-22-2)19-21(16)14-8-4-3-7-13(14)17/h3-4,7-8,12H,5-6,9-11H2,1-2H3/t12-/m1/s1. The Bertz CT molecular complexity index is 643. The Labute approximate surface area is 129 Å². The fourth-order valence-corrected chi connectivity index (χ4v) is 3.00. The van der Waals surface area contributed by atoms with Gasteiger partial charge >= 0.3 is 0 Å². The summed E-state index contributed by atoms with van der Waals surface area (Å²) in [4.78, 5) is 6.89. The average molecular weight is 304 g/mol. The van der Waals surface area contributed by atoms with Gasteiger partial charge in [-0.1, -0.05) is 12.1 Å². The Balaban J connectivity index is 2.02. The van der Waals surface area contributed by atoms with E-state index in [1.165, 1.54) is 6.07 Å². The molecular weight excluding hydrogens is 283 g/mol. The van der Waals surface area contributed by atoms with Gasteiger partial charge in [-0.15, -0.1) is 5.10 Å². The molecule has 0 N–H and O–H groups in total. The third kappa shape index (κ3) is 3.03. The van der Waals surface area contributed by atoms with Gasteiger partial charge in [-0.2, -0.15) is 0 Å². The first-order valence-corrected chi connectivity index (χ1v) is 7.57. The van der Waals surface area contributed by atoms with E-state index in [0.717, 1.165) is 31.8 Å². The summed E-state index contributed by atoms with van der Waals surface area (Å²) in [6.45, 7) is 2.34. The number of likely N-dealkylation sites (tertiary alicyclic amines) is 1. The van der Waals surface area contributed by atoms with E-state index in [4.69, 9.17) is 4.74 Å². The zero-order chi connectivity index (χ0) is 15.5. The van der Waals surface area contributed by atoms with Crippen LogP contribution >= 0.6 is 0 Å². The molecule has 1 aliphatic heterocycles. The van der Waals surface area contributed by atoms with Gasteiger partial charge in [-0.25, -0.2) is 14.1 Å². The molecule has 5 nitrogen and oxygen atoms in total. The van der Waals surface area contributed by atoms with Gasteiger partial charge in [-0.3, -0.25) is 0 Å². The fraction of sp³-hybridized carbons (Fsp3) is 0.500. The molecule has 1 fully saturated rings. The van der Waals surface area contributed by atoms with Crippen LogP contribution in [0, 0.1) is 5.82 Å². The number of para-hydroxylation sites is 1. The van der Waals surface area contributed by atoms with Crippen molar-refractivity contribution in [2.45, 2.75) is 25.4 Å². The smallest absolute Gasteiger partial charge is 0.176 e. The Morgan fingerprint density at radius 1 is 1.36 bits per heavy atom. The van der Waals surface area contributed by atoms with E-state index in [1.54, 1.807) is 23.9 Å². The second-order valence-corrected chi connectivity index (χ2v) is 5.78. The monoisotopic (exact) mass is 304 g/mol. The number of likely N-dealkylation sites (N-methyl/N-ethyl adjacent to an activating group) is 1. The molecule has 0 amide bonds. The topological polar surface area (TPSA) is 43.2 Å². The molecule has 2 heterocycles. The van der Waals surface area contributed by atoms with Crippen LogP contribution in [0.15, 0.2) is 24.3 Å². The van der Waals surface area contributed by atoms with Gasteiger partial charge in [0.15, 0.2) is 5.82 Å². The van der Waals surface area contributed by atoms with E-state index in [2.05, 4.69) is 22.0 Å². The number of rotatable bonds is 4. The summed E-state index contributed by atoms with van der Waals surface area (Å²) in [5.74, 6) is 1.39. The minimum atomic E-state index is -0.290. The highest BCUT2D eigenvalue weighted by molar-refractivity contribution is 5.34. The second kappa shape index (κ2) is 6.54. The number of piperidine rings is 1. The summed E-state index contributed by atoms with van der Waals surface area (Å²) < 4.78 is 20.9. The molecule has 6 heteroatoms. The van der Waals surface area contributed by atoms with Crippen molar-refractivity contribution >= 4 is 0 Å². The van der Waals surface area contributed by atoms with Crippen molar-refractivity contribution < 1.29 is 9.13 Å². The molecule has 0 spiro atoms. The van der Waals surface area contributed by atoms with E-state index in [0.29, 0.717) is 18.1 Å². The quantitative estimate of drug-likeness (QED) is 0.870. The lowest BCUT2D eigenvalue weighted by Crippen LogP contribution is -2.32. The molecule has 1 atom stereocenters. The summed E-state index contributed by atoms with van der Waals surface area (Å²) in [5.41, 5.74) is 0.445. The first kappa shape index (κ1) is 15.1. The van der Waals surface area contributed by atoms with Crippen molar-refractivity contribution in [2.75, 3.05) is 27.2 Å². The summed E-state index contributed by atoms with van der Waals surface area (Å²) in [6.07, 6.45) is 2.16. The molecule has 22 heavy (non-hydrogen) atoms. The van der Waals surface area contributed by atoms with Crippen LogP contribution in [-0.2, 0) is 11.3 Å². The van der Waals surface area contributed by atoms with Crippen LogP contribution in [0.5, 0.6) is 0 Å². The number of benzene rings is 1. The number of ether oxygens (including phenoxy) is 1. The van der Waals surface area contributed by atoms with Crippen LogP contribution in [-0.4, -0.2) is 46.9 Å². The molecule has 118 valence electrons. The third-order valence-corrected chi connectivity index (χ3v) is 4.02. The summed E-state index contributed by atoms with van der Waals surface area (Å²) in [7, 11) is 3.71. The molecule has 0 unspecified atom stereocenters. The van der Waals surface area contributed by atoms with Crippen molar-refractivity contribution in [2.24, 2.45) is 0 Å². The fourth-order valence-electron chi connectivity index (χ4n) is 3.00. The average Bonchev–Trinajstić information content (AvgIpc) is 2.92. The van der Waals surface area contributed by atoms with E-state index < -0.39 is 0 Å². The predicted octanol–water partition coefficient (Wildman–Crippen LogP) is 2.36. The molecule has 1 aromatic heterocycles. The largest absolute Gasteiger partial charge is 0.377 e. The van der Waals surface area contributed by atoms with Crippen molar-refractivity contribution in [1.29, 1.82) is 0 Å². The van der Waals surface area contributed by atoms with Gasteiger partial charge in [0.1, 0.15) is 23.9 Å². The van der Waals surface area contributed by atoms with E-state index in [-0.39, 0.29) is 11.7 Å². The number of methoxy groups -OCH3 is 1. The van der Waals surface area contributed by atoms with Crippen molar-refractivity contribution in [3.8, 4) is 5.69 Å². The molecule has 3 rings (SSSR count). The lowest BCUT2D eigenvalue weighted by Gasteiger charge is -2.29. The third-order valence-electron chi connectivity index (χ3n) is 4.02. The van der Waals surface area contributed by atoms with Gasteiger partial charge < -0.3 is 9.64 Å². The van der Waals surface area contributed by atoms with Crippen molar-refractivity contribution in [3.63, 3.8) is 0 Å². The number of nitrogens with zero attached hydrogens (tertiary/aromatic N) is 4. The van der Waals surface area contributed by atoms with E-state index >= 15 is 0 Å². The van der Waals surface area contributed by atoms with Gasteiger partial charge in [0.05, 0.1) is 0 Å². The molecule has 2 aromatic rings. The highest BCUT2D eigenvalue weighted by Gasteiger charge is 2.26. The number of halogens is 1. The highest BCUT2D eigenvalue weighted by atomic mass is 19.1. The Morgan fingerprint density at radius 3 is 2.91 bits per heavy atom. The first-order chi connectivity index (χ1) is 10.7. The van der Waals surface area contributed by atoms with Gasteiger partial charge in [0.25, 0.3) is 0 Å². The molecule has 0 bridgehead atoms. The maximum absolute atomic E-state index is 14.2. The molecule has 0 radical (unpaired) electrons. The van der Waals surface area contributed by atoms with Gasteiger partial charge in [0, 0.05) is 19.6 Å². The normalized spacial score (nSPS) is 19.5. The van der Waals surface area contributed by atoms with Crippen molar-refractivity contribution in [3.05, 3.63) is 41.7 Å².